The molecule has 1 heterocycles. The van der Waals surface area contributed by atoms with Gasteiger partial charge in [0.25, 0.3) is 5.91 Å². The number of nitrogens with zero attached hydrogens (tertiary/aromatic N) is 1. The molecule has 0 spiro atoms. The first-order chi connectivity index (χ1) is 10.0. The molecule has 0 unspecified atom stereocenters. The van der Waals surface area contributed by atoms with E-state index in [1.54, 1.807) is 0 Å². The van der Waals surface area contributed by atoms with E-state index in [1.165, 1.54) is 11.3 Å². The number of hydrazine groups is 1. The van der Waals surface area contributed by atoms with Crippen LogP contribution in [0.15, 0.2) is 24.3 Å². The molecule has 0 saturated heterocycles. The second-order valence-electron chi connectivity index (χ2n) is 5.06. The van der Waals surface area contributed by atoms with Gasteiger partial charge in [-0.05, 0) is 30.5 Å². The number of aryl methyl sites for hydroxylation is 1. The van der Waals surface area contributed by atoms with Gasteiger partial charge in [0.05, 0.1) is 5.69 Å². The molecule has 0 aliphatic heterocycles. The van der Waals surface area contributed by atoms with Crippen molar-refractivity contribution in [1.29, 1.82) is 0 Å². The van der Waals surface area contributed by atoms with Gasteiger partial charge in [-0.3, -0.25) is 10.2 Å². The van der Waals surface area contributed by atoms with Gasteiger partial charge in [0, 0.05) is 0 Å². The Kier molecular flexibility index (Phi) is 4.93. The zero-order valence-electron chi connectivity index (χ0n) is 12.3. The van der Waals surface area contributed by atoms with Crippen LogP contribution in [-0.2, 0) is 6.61 Å². The average molecular weight is 305 g/mol. The number of carbonyl (C=O) groups excluding carboxylic acids is 1. The molecular weight excluding hydrogens is 286 g/mol. The minimum atomic E-state index is -0.307. The van der Waals surface area contributed by atoms with Crippen LogP contribution in [0.1, 0.15) is 45.7 Å². The fraction of sp³-hybridized carbons (Fsp3) is 0.333. The lowest BCUT2D eigenvalue weighted by Crippen LogP contribution is -2.30. The van der Waals surface area contributed by atoms with Crippen LogP contribution in [0.2, 0.25) is 0 Å². The van der Waals surface area contributed by atoms with Crippen LogP contribution in [-0.4, -0.2) is 10.9 Å². The summed E-state index contributed by atoms with van der Waals surface area (Å²) in [5, 5.41) is 0.763. The first-order valence-corrected chi connectivity index (χ1v) is 7.53. The van der Waals surface area contributed by atoms with Gasteiger partial charge in [-0.2, -0.15) is 0 Å². The Hall–Kier alpha value is -1.92. The summed E-state index contributed by atoms with van der Waals surface area (Å²) in [6.07, 6.45) is 0. The van der Waals surface area contributed by atoms with Gasteiger partial charge in [0.15, 0.2) is 0 Å². The second kappa shape index (κ2) is 6.69. The molecule has 0 bridgehead atoms. The molecule has 0 radical (unpaired) electrons. The van der Waals surface area contributed by atoms with Gasteiger partial charge in [0.2, 0.25) is 0 Å². The molecule has 1 aromatic heterocycles. The monoisotopic (exact) mass is 305 g/mol. The van der Waals surface area contributed by atoms with E-state index < -0.39 is 0 Å². The zero-order chi connectivity index (χ0) is 15.4. The van der Waals surface area contributed by atoms with E-state index >= 15 is 0 Å². The lowest BCUT2D eigenvalue weighted by Gasteiger charge is -2.04. The van der Waals surface area contributed by atoms with Gasteiger partial charge in [0.1, 0.15) is 22.2 Å². The van der Waals surface area contributed by atoms with Crippen molar-refractivity contribution in [2.24, 2.45) is 5.84 Å². The summed E-state index contributed by atoms with van der Waals surface area (Å²) in [6.45, 7) is 6.34. The van der Waals surface area contributed by atoms with Crippen LogP contribution in [0.4, 0.5) is 0 Å². The molecule has 6 heteroatoms. The molecule has 0 atom stereocenters. The third kappa shape index (κ3) is 3.80. The second-order valence-corrected chi connectivity index (χ2v) is 6.14. The van der Waals surface area contributed by atoms with Crippen molar-refractivity contribution in [3.05, 3.63) is 45.4 Å². The minimum absolute atomic E-state index is 0.154. The number of amides is 1. The van der Waals surface area contributed by atoms with E-state index in [2.05, 4.69) is 10.4 Å². The fourth-order valence-electron chi connectivity index (χ4n) is 1.91. The highest BCUT2D eigenvalue weighted by Crippen LogP contribution is 2.26. The maximum absolute atomic E-state index is 11.8. The largest absolute Gasteiger partial charge is 0.486 e. The van der Waals surface area contributed by atoms with Crippen molar-refractivity contribution in [3.8, 4) is 5.75 Å². The number of nitrogen functional groups attached to an aromatic ring is 1. The van der Waals surface area contributed by atoms with Gasteiger partial charge in [-0.15, -0.1) is 11.3 Å². The number of hydrogen-bond acceptors (Lipinski definition) is 5. The van der Waals surface area contributed by atoms with E-state index in [0.29, 0.717) is 11.5 Å². The minimum Gasteiger partial charge on any atom is -0.486 e. The van der Waals surface area contributed by atoms with Crippen LogP contribution in [0, 0.1) is 6.92 Å². The number of hydrogen-bond donors (Lipinski definition) is 2. The number of rotatable bonds is 5. The fourth-order valence-corrected chi connectivity index (χ4v) is 2.94. The molecule has 112 valence electrons. The lowest BCUT2D eigenvalue weighted by molar-refractivity contribution is 0.0956. The molecule has 1 amide bonds. The highest BCUT2D eigenvalue weighted by atomic mass is 32.1. The molecule has 0 aliphatic carbocycles. The molecule has 5 nitrogen and oxygen atoms in total. The van der Waals surface area contributed by atoms with Gasteiger partial charge >= 0.3 is 0 Å². The molecular formula is C15H19N3O2S. The topological polar surface area (TPSA) is 77.2 Å². The number of carbonyl (C=O) groups is 1. The summed E-state index contributed by atoms with van der Waals surface area (Å²) in [5.74, 6) is 5.85. The van der Waals surface area contributed by atoms with E-state index in [-0.39, 0.29) is 11.8 Å². The number of nitrogens with one attached hydrogen (secondary N) is 1. The van der Waals surface area contributed by atoms with E-state index in [9.17, 15) is 4.79 Å². The highest BCUT2D eigenvalue weighted by molar-refractivity contribution is 7.13. The van der Waals surface area contributed by atoms with Crippen LogP contribution in [0.25, 0.3) is 0 Å². The molecule has 0 aliphatic rings. The predicted molar refractivity (Wildman–Crippen MR) is 83.4 cm³/mol. The Morgan fingerprint density at radius 1 is 1.48 bits per heavy atom. The highest BCUT2D eigenvalue weighted by Gasteiger charge is 2.19. The number of benzene rings is 1. The summed E-state index contributed by atoms with van der Waals surface area (Å²) in [5.41, 5.74) is 4.05. The number of nitrogens with two attached hydrogens (primary N) is 1. The average Bonchev–Trinajstić information content (AvgIpc) is 2.89. The van der Waals surface area contributed by atoms with Crippen LogP contribution < -0.4 is 16.0 Å². The Balaban J connectivity index is 2.15. The number of aromatic nitrogens is 1. The third-order valence-corrected chi connectivity index (χ3v) is 3.98. The Bertz CT molecular complexity index is 638. The molecule has 0 fully saturated rings. The summed E-state index contributed by atoms with van der Waals surface area (Å²) in [4.78, 5) is 16.8. The maximum atomic E-state index is 11.8. The molecule has 0 saturated carbocycles. The van der Waals surface area contributed by atoms with Crippen molar-refractivity contribution in [3.63, 3.8) is 0 Å². The maximum Gasteiger partial charge on any atom is 0.277 e. The standard InChI is InChI=1S/C15H19N3O2S/c1-9(2)13-14(15(19)18-16)21-12(17-13)8-20-11-6-4-5-10(3)7-11/h4-7,9H,8,16H2,1-3H3,(H,18,19). The van der Waals surface area contributed by atoms with Crippen molar-refractivity contribution in [1.82, 2.24) is 10.4 Å². The van der Waals surface area contributed by atoms with Gasteiger partial charge < -0.3 is 4.74 Å². The van der Waals surface area contributed by atoms with E-state index in [0.717, 1.165) is 22.0 Å². The van der Waals surface area contributed by atoms with Crippen molar-refractivity contribution in [2.75, 3.05) is 0 Å². The Morgan fingerprint density at radius 2 is 2.24 bits per heavy atom. The van der Waals surface area contributed by atoms with Gasteiger partial charge in [-0.1, -0.05) is 26.0 Å². The summed E-state index contributed by atoms with van der Waals surface area (Å²) in [7, 11) is 0. The van der Waals surface area contributed by atoms with Crippen molar-refractivity contribution in [2.45, 2.75) is 33.3 Å². The summed E-state index contributed by atoms with van der Waals surface area (Å²) >= 11 is 1.32. The number of thiazole rings is 1. The Labute approximate surface area is 128 Å². The van der Waals surface area contributed by atoms with Crippen LogP contribution in [0.3, 0.4) is 0 Å². The molecule has 2 rings (SSSR count). The Morgan fingerprint density at radius 3 is 2.86 bits per heavy atom. The summed E-state index contributed by atoms with van der Waals surface area (Å²) in [6, 6.07) is 7.82. The van der Waals surface area contributed by atoms with Crippen molar-refractivity contribution < 1.29 is 9.53 Å². The van der Waals surface area contributed by atoms with Crippen LogP contribution in [0.5, 0.6) is 5.75 Å². The predicted octanol–water partition coefficient (Wildman–Crippen LogP) is 2.76. The summed E-state index contributed by atoms with van der Waals surface area (Å²) < 4.78 is 5.72. The number of ether oxygens (including phenoxy) is 1. The molecule has 2 aromatic rings. The SMILES string of the molecule is Cc1cccc(OCc2nc(C(C)C)c(C(=O)NN)s2)c1. The molecule has 3 N–H and O–H groups in total. The van der Waals surface area contributed by atoms with E-state index in [1.807, 2.05) is 45.0 Å². The lowest BCUT2D eigenvalue weighted by atomic mass is 10.1. The molecule has 21 heavy (non-hydrogen) atoms. The van der Waals surface area contributed by atoms with Crippen LogP contribution >= 0.6 is 11.3 Å². The van der Waals surface area contributed by atoms with Gasteiger partial charge in [-0.25, -0.2) is 10.8 Å². The third-order valence-electron chi connectivity index (χ3n) is 2.93. The quantitative estimate of drug-likeness (QED) is 0.506. The molecule has 1 aromatic carbocycles. The normalized spacial score (nSPS) is 10.7. The first kappa shape index (κ1) is 15.5. The van der Waals surface area contributed by atoms with Crippen molar-refractivity contribution >= 4 is 17.2 Å². The first-order valence-electron chi connectivity index (χ1n) is 6.71. The smallest absolute Gasteiger partial charge is 0.277 e. The van der Waals surface area contributed by atoms with E-state index in [4.69, 9.17) is 10.6 Å². The zero-order valence-corrected chi connectivity index (χ0v) is 13.2.